The molecule has 0 heterocycles. The molecule has 90 valence electrons. The van der Waals surface area contributed by atoms with E-state index in [2.05, 4.69) is 6.07 Å². The van der Waals surface area contributed by atoms with E-state index >= 15 is 0 Å². The molecule has 0 aliphatic rings. The Morgan fingerprint density at radius 1 is 1.41 bits per heavy atom. The number of amides is 1. The number of nitrogens with zero attached hydrogens (tertiary/aromatic N) is 2. The molecule has 0 saturated heterocycles. The SMILES string of the molecule is CN(C(=O)COc1ccccc1)C(C)(C)C#N. The van der Waals surface area contributed by atoms with Gasteiger partial charge in [-0.1, -0.05) is 18.2 Å². The van der Waals surface area contributed by atoms with Crippen molar-refractivity contribution in [3.63, 3.8) is 0 Å². The van der Waals surface area contributed by atoms with Crippen molar-refractivity contribution < 1.29 is 9.53 Å². The molecule has 0 unspecified atom stereocenters. The molecule has 1 amide bonds. The molecule has 0 atom stereocenters. The van der Waals surface area contributed by atoms with Crippen LogP contribution in [0.15, 0.2) is 30.3 Å². The lowest BCUT2D eigenvalue weighted by Crippen LogP contribution is -2.45. The number of para-hydroxylation sites is 1. The van der Waals surface area contributed by atoms with E-state index in [0.717, 1.165) is 0 Å². The monoisotopic (exact) mass is 232 g/mol. The highest BCUT2D eigenvalue weighted by Crippen LogP contribution is 2.12. The average molecular weight is 232 g/mol. The van der Waals surface area contributed by atoms with Crippen LogP contribution >= 0.6 is 0 Å². The molecule has 0 fully saturated rings. The van der Waals surface area contributed by atoms with Gasteiger partial charge in [-0.3, -0.25) is 4.79 Å². The van der Waals surface area contributed by atoms with E-state index in [1.165, 1.54) is 4.90 Å². The molecular formula is C13H16N2O2. The van der Waals surface area contributed by atoms with Gasteiger partial charge in [-0.2, -0.15) is 5.26 Å². The summed E-state index contributed by atoms with van der Waals surface area (Å²) in [6.07, 6.45) is 0. The Labute approximate surface area is 101 Å². The van der Waals surface area contributed by atoms with Gasteiger partial charge >= 0.3 is 0 Å². The normalized spacial score (nSPS) is 10.5. The highest BCUT2D eigenvalue weighted by Gasteiger charge is 2.27. The maximum atomic E-state index is 11.8. The molecule has 0 radical (unpaired) electrons. The Balaban J connectivity index is 2.54. The highest BCUT2D eigenvalue weighted by atomic mass is 16.5. The van der Waals surface area contributed by atoms with Crippen LogP contribution in [0.4, 0.5) is 0 Å². The molecule has 17 heavy (non-hydrogen) atoms. The first-order chi connectivity index (χ1) is 7.97. The minimum atomic E-state index is -0.822. The number of carbonyl (C=O) groups is 1. The van der Waals surface area contributed by atoms with Crippen molar-refractivity contribution in [2.75, 3.05) is 13.7 Å². The second-order valence-electron chi connectivity index (χ2n) is 4.23. The fraction of sp³-hybridized carbons (Fsp3) is 0.385. The van der Waals surface area contributed by atoms with E-state index in [1.807, 2.05) is 18.2 Å². The van der Waals surface area contributed by atoms with Crippen LogP contribution in [0, 0.1) is 11.3 Å². The standard InChI is InChI=1S/C13H16N2O2/c1-13(2,10-14)15(3)12(16)9-17-11-7-5-4-6-8-11/h4-8H,9H2,1-3H3. The zero-order valence-electron chi connectivity index (χ0n) is 10.3. The summed E-state index contributed by atoms with van der Waals surface area (Å²) in [7, 11) is 1.60. The highest BCUT2D eigenvalue weighted by molar-refractivity contribution is 5.78. The number of ether oxygens (including phenoxy) is 1. The smallest absolute Gasteiger partial charge is 0.261 e. The minimum Gasteiger partial charge on any atom is -0.484 e. The van der Waals surface area contributed by atoms with Gasteiger partial charge in [0.25, 0.3) is 5.91 Å². The van der Waals surface area contributed by atoms with Gasteiger partial charge < -0.3 is 9.64 Å². The van der Waals surface area contributed by atoms with Gasteiger partial charge in [0, 0.05) is 7.05 Å². The van der Waals surface area contributed by atoms with Crippen molar-refractivity contribution in [1.82, 2.24) is 4.90 Å². The quantitative estimate of drug-likeness (QED) is 0.795. The second-order valence-corrected chi connectivity index (χ2v) is 4.23. The van der Waals surface area contributed by atoms with Crippen molar-refractivity contribution >= 4 is 5.91 Å². The fourth-order valence-electron chi connectivity index (χ4n) is 1.15. The number of hydrogen-bond acceptors (Lipinski definition) is 3. The molecule has 0 N–H and O–H groups in total. The van der Waals surface area contributed by atoms with Crippen LogP contribution in [0.3, 0.4) is 0 Å². The molecule has 4 nitrogen and oxygen atoms in total. The van der Waals surface area contributed by atoms with E-state index in [-0.39, 0.29) is 12.5 Å². The lowest BCUT2D eigenvalue weighted by Gasteiger charge is -2.28. The molecule has 0 saturated carbocycles. The number of benzene rings is 1. The molecule has 0 aliphatic heterocycles. The second kappa shape index (κ2) is 5.35. The number of hydrogen-bond donors (Lipinski definition) is 0. The summed E-state index contributed by atoms with van der Waals surface area (Å²) in [6, 6.07) is 11.2. The fourth-order valence-corrected chi connectivity index (χ4v) is 1.15. The van der Waals surface area contributed by atoms with E-state index in [4.69, 9.17) is 10.00 Å². The van der Waals surface area contributed by atoms with Gasteiger partial charge in [-0.25, -0.2) is 0 Å². The van der Waals surface area contributed by atoms with Crippen LogP contribution in [0.25, 0.3) is 0 Å². The predicted octanol–water partition coefficient (Wildman–Crippen LogP) is 1.83. The summed E-state index contributed by atoms with van der Waals surface area (Å²) >= 11 is 0. The Morgan fingerprint density at radius 3 is 2.53 bits per heavy atom. The van der Waals surface area contributed by atoms with Gasteiger partial charge in [0.2, 0.25) is 0 Å². The zero-order valence-corrected chi connectivity index (χ0v) is 10.3. The third kappa shape index (κ3) is 3.49. The first kappa shape index (κ1) is 13.0. The summed E-state index contributed by atoms with van der Waals surface area (Å²) in [5.74, 6) is 0.421. The summed E-state index contributed by atoms with van der Waals surface area (Å²) in [6.45, 7) is 3.31. The van der Waals surface area contributed by atoms with E-state index in [0.29, 0.717) is 5.75 Å². The Hall–Kier alpha value is -2.02. The topological polar surface area (TPSA) is 53.3 Å². The summed E-state index contributed by atoms with van der Waals surface area (Å²) in [5.41, 5.74) is -0.822. The molecule has 0 aliphatic carbocycles. The van der Waals surface area contributed by atoms with Crippen molar-refractivity contribution in [1.29, 1.82) is 5.26 Å². The molecule has 0 aromatic heterocycles. The van der Waals surface area contributed by atoms with E-state index in [9.17, 15) is 4.79 Å². The van der Waals surface area contributed by atoms with Crippen LogP contribution < -0.4 is 4.74 Å². The predicted molar refractivity (Wildman–Crippen MR) is 64.4 cm³/mol. The molecule has 4 heteroatoms. The summed E-state index contributed by atoms with van der Waals surface area (Å²) in [5, 5.41) is 8.91. The van der Waals surface area contributed by atoms with Gasteiger partial charge in [-0.05, 0) is 26.0 Å². The number of nitriles is 1. The van der Waals surface area contributed by atoms with Crippen LogP contribution in [-0.4, -0.2) is 30.0 Å². The maximum Gasteiger partial charge on any atom is 0.261 e. The maximum absolute atomic E-state index is 11.8. The van der Waals surface area contributed by atoms with Gasteiger partial charge in [-0.15, -0.1) is 0 Å². The van der Waals surface area contributed by atoms with Gasteiger partial charge in [0.05, 0.1) is 6.07 Å². The van der Waals surface area contributed by atoms with Crippen LogP contribution in [0.1, 0.15) is 13.8 Å². The van der Waals surface area contributed by atoms with Crippen LogP contribution in [-0.2, 0) is 4.79 Å². The Morgan fingerprint density at radius 2 is 2.00 bits per heavy atom. The lowest BCUT2D eigenvalue weighted by molar-refractivity contribution is -0.135. The van der Waals surface area contributed by atoms with Gasteiger partial charge in [0.15, 0.2) is 6.61 Å². The molecule has 1 aromatic carbocycles. The molecule has 1 rings (SSSR count). The van der Waals surface area contributed by atoms with Gasteiger partial charge in [0.1, 0.15) is 11.3 Å². The van der Waals surface area contributed by atoms with Crippen molar-refractivity contribution in [2.45, 2.75) is 19.4 Å². The van der Waals surface area contributed by atoms with Crippen LogP contribution in [0.2, 0.25) is 0 Å². The molecule has 0 spiro atoms. The van der Waals surface area contributed by atoms with Crippen molar-refractivity contribution in [2.24, 2.45) is 0 Å². The number of rotatable bonds is 4. The van der Waals surface area contributed by atoms with Crippen LogP contribution in [0.5, 0.6) is 5.75 Å². The number of likely N-dealkylation sites (N-methyl/N-ethyl adjacent to an activating group) is 1. The first-order valence-electron chi connectivity index (χ1n) is 5.33. The van der Waals surface area contributed by atoms with E-state index in [1.54, 1.807) is 33.0 Å². The summed E-state index contributed by atoms with van der Waals surface area (Å²) in [4.78, 5) is 13.2. The third-order valence-electron chi connectivity index (χ3n) is 2.59. The summed E-state index contributed by atoms with van der Waals surface area (Å²) < 4.78 is 5.33. The zero-order chi connectivity index (χ0) is 12.9. The average Bonchev–Trinajstić information content (AvgIpc) is 2.36. The third-order valence-corrected chi connectivity index (χ3v) is 2.59. The lowest BCUT2D eigenvalue weighted by atomic mass is 10.1. The van der Waals surface area contributed by atoms with Crippen molar-refractivity contribution in [3.8, 4) is 11.8 Å². The molecular weight excluding hydrogens is 216 g/mol. The largest absolute Gasteiger partial charge is 0.484 e. The van der Waals surface area contributed by atoms with Crippen molar-refractivity contribution in [3.05, 3.63) is 30.3 Å². The number of carbonyl (C=O) groups excluding carboxylic acids is 1. The minimum absolute atomic E-state index is 0.0639. The Bertz CT molecular complexity index is 421. The van der Waals surface area contributed by atoms with E-state index < -0.39 is 5.54 Å². The first-order valence-corrected chi connectivity index (χ1v) is 5.33. The Kier molecular flexibility index (Phi) is 4.11. The molecule has 1 aromatic rings. The molecule has 0 bridgehead atoms.